The standard InChI is InChI=1S/C18H20N4/c1-21-17(8-11-19-21)15-9-12-22(13-10-15)18-7-6-14-4-2-3-5-16(14)20-18/h2-8,11,15H,9-10,12-13H2,1H3. The Kier molecular flexibility index (Phi) is 3.29. The number of nitrogens with zero attached hydrogens (tertiary/aromatic N) is 4. The molecule has 3 heterocycles. The summed E-state index contributed by atoms with van der Waals surface area (Å²) in [5, 5.41) is 5.50. The first-order valence-electron chi connectivity index (χ1n) is 7.90. The van der Waals surface area contributed by atoms with Crippen molar-refractivity contribution in [2.45, 2.75) is 18.8 Å². The van der Waals surface area contributed by atoms with Crippen LogP contribution in [0.2, 0.25) is 0 Å². The van der Waals surface area contributed by atoms with Crippen LogP contribution < -0.4 is 4.90 Å². The van der Waals surface area contributed by atoms with Gasteiger partial charge in [-0.1, -0.05) is 18.2 Å². The van der Waals surface area contributed by atoms with Crippen molar-refractivity contribution in [3.63, 3.8) is 0 Å². The number of pyridine rings is 1. The number of piperidine rings is 1. The van der Waals surface area contributed by atoms with Crippen LogP contribution in [0.1, 0.15) is 24.5 Å². The van der Waals surface area contributed by atoms with Crippen LogP contribution in [0, 0.1) is 0 Å². The highest BCUT2D eigenvalue weighted by Gasteiger charge is 2.23. The van der Waals surface area contributed by atoms with E-state index >= 15 is 0 Å². The smallest absolute Gasteiger partial charge is 0.129 e. The van der Waals surface area contributed by atoms with Gasteiger partial charge in [0, 0.05) is 43.3 Å². The number of hydrogen-bond donors (Lipinski definition) is 0. The molecule has 22 heavy (non-hydrogen) atoms. The Morgan fingerprint density at radius 3 is 2.59 bits per heavy atom. The largest absolute Gasteiger partial charge is 0.357 e. The van der Waals surface area contributed by atoms with E-state index in [4.69, 9.17) is 4.98 Å². The van der Waals surface area contributed by atoms with Gasteiger partial charge < -0.3 is 4.90 Å². The zero-order valence-corrected chi connectivity index (χ0v) is 12.8. The minimum absolute atomic E-state index is 0.615. The van der Waals surface area contributed by atoms with Gasteiger partial charge in [0.1, 0.15) is 5.82 Å². The molecule has 0 unspecified atom stereocenters. The number of rotatable bonds is 2. The number of para-hydroxylation sites is 1. The van der Waals surface area contributed by atoms with Crippen molar-refractivity contribution in [1.29, 1.82) is 0 Å². The molecule has 1 aliphatic rings. The first kappa shape index (κ1) is 13.3. The lowest BCUT2D eigenvalue weighted by Gasteiger charge is -2.33. The van der Waals surface area contributed by atoms with Crippen molar-refractivity contribution in [3.05, 3.63) is 54.4 Å². The van der Waals surface area contributed by atoms with Gasteiger partial charge in [-0.05, 0) is 37.1 Å². The summed E-state index contributed by atoms with van der Waals surface area (Å²) < 4.78 is 2.01. The van der Waals surface area contributed by atoms with Gasteiger partial charge in [0.2, 0.25) is 0 Å². The third-order valence-corrected chi connectivity index (χ3v) is 4.68. The second-order valence-electron chi connectivity index (χ2n) is 6.00. The average Bonchev–Trinajstić information content (AvgIpc) is 3.01. The molecule has 112 valence electrons. The summed E-state index contributed by atoms with van der Waals surface area (Å²) in [5.74, 6) is 1.71. The van der Waals surface area contributed by atoms with Gasteiger partial charge in [-0.15, -0.1) is 0 Å². The summed E-state index contributed by atoms with van der Waals surface area (Å²) in [6.45, 7) is 2.11. The van der Waals surface area contributed by atoms with Crippen LogP contribution in [0.3, 0.4) is 0 Å². The second-order valence-corrected chi connectivity index (χ2v) is 6.00. The molecule has 1 aliphatic heterocycles. The topological polar surface area (TPSA) is 34.0 Å². The fraction of sp³-hybridized carbons (Fsp3) is 0.333. The van der Waals surface area contributed by atoms with Gasteiger partial charge >= 0.3 is 0 Å². The van der Waals surface area contributed by atoms with Crippen LogP contribution >= 0.6 is 0 Å². The Morgan fingerprint density at radius 2 is 1.82 bits per heavy atom. The lowest BCUT2D eigenvalue weighted by molar-refractivity contribution is 0.475. The molecule has 0 bridgehead atoms. The van der Waals surface area contributed by atoms with Crippen LogP contribution in [0.25, 0.3) is 10.9 Å². The van der Waals surface area contributed by atoms with E-state index in [1.165, 1.54) is 11.1 Å². The molecular weight excluding hydrogens is 272 g/mol. The number of fused-ring (bicyclic) bond motifs is 1. The van der Waals surface area contributed by atoms with Crippen molar-refractivity contribution >= 4 is 16.7 Å². The van der Waals surface area contributed by atoms with E-state index < -0.39 is 0 Å². The lowest BCUT2D eigenvalue weighted by Crippen LogP contribution is -2.33. The monoisotopic (exact) mass is 292 g/mol. The normalized spacial score (nSPS) is 16.3. The Labute approximate surface area is 130 Å². The van der Waals surface area contributed by atoms with Gasteiger partial charge in [0.25, 0.3) is 0 Å². The van der Waals surface area contributed by atoms with Crippen LogP contribution in [0.15, 0.2) is 48.7 Å². The van der Waals surface area contributed by atoms with Crippen molar-refractivity contribution in [2.24, 2.45) is 7.05 Å². The van der Waals surface area contributed by atoms with Crippen LogP contribution in [-0.4, -0.2) is 27.9 Å². The highest BCUT2D eigenvalue weighted by molar-refractivity contribution is 5.80. The van der Waals surface area contributed by atoms with Crippen LogP contribution in [0.5, 0.6) is 0 Å². The molecule has 4 nitrogen and oxygen atoms in total. The number of anilines is 1. The van der Waals surface area contributed by atoms with Gasteiger partial charge in [-0.2, -0.15) is 5.10 Å². The number of aryl methyl sites for hydroxylation is 1. The fourth-order valence-corrected chi connectivity index (χ4v) is 3.42. The van der Waals surface area contributed by atoms with E-state index in [9.17, 15) is 0 Å². The highest BCUT2D eigenvalue weighted by atomic mass is 15.3. The molecule has 0 amide bonds. The van der Waals surface area contributed by atoms with E-state index in [-0.39, 0.29) is 0 Å². The molecule has 1 fully saturated rings. The third-order valence-electron chi connectivity index (χ3n) is 4.68. The highest BCUT2D eigenvalue weighted by Crippen LogP contribution is 2.30. The number of hydrogen-bond acceptors (Lipinski definition) is 3. The maximum atomic E-state index is 4.81. The van der Waals surface area contributed by atoms with Crippen molar-refractivity contribution in [2.75, 3.05) is 18.0 Å². The maximum Gasteiger partial charge on any atom is 0.129 e. The fourth-order valence-electron chi connectivity index (χ4n) is 3.42. The lowest BCUT2D eigenvalue weighted by atomic mass is 9.93. The summed E-state index contributed by atoms with van der Waals surface area (Å²) in [6.07, 6.45) is 4.22. The molecule has 0 radical (unpaired) electrons. The van der Waals surface area contributed by atoms with E-state index in [1.54, 1.807) is 0 Å². The van der Waals surface area contributed by atoms with Gasteiger partial charge in [0.05, 0.1) is 5.52 Å². The third kappa shape index (κ3) is 2.34. The molecule has 2 aromatic heterocycles. The molecule has 1 aromatic carbocycles. The predicted molar refractivity (Wildman–Crippen MR) is 89.1 cm³/mol. The van der Waals surface area contributed by atoms with Crippen LogP contribution in [0.4, 0.5) is 5.82 Å². The number of aromatic nitrogens is 3. The van der Waals surface area contributed by atoms with E-state index in [0.717, 1.165) is 37.3 Å². The predicted octanol–water partition coefficient (Wildman–Crippen LogP) is 3.35. The quantitative estimate of drug-likeness (QED) is 0.726. The van der Waals surface area contributed by atoms with Crippen molar-refractivity contribution < 1.29 is 0 Å². The van der Waals surface area contributed by atoms with Crippen molar-refractivity contribution in [3.8, 4) is 0 Å². The second kappa shape index (κ2) is 5.44. The first-order chi connectivity index (χ1) is 10.8. The summed E-state index contributed by atoms with van der Waals surface area (Å²) >= 11 is 0. The molecule has 0 spiro atoms. The van der Waals surface area contributed by atoms with Crippen LogP contribution in [-0.2, 0) is 7.05 Å². The summed E-state index contributed by atoms with van der Waals surface area (Å²) in [5.41, 5.74) is 2.43. The molecule has 1 saturated heterocycles. The molecule has 4 heteroatoms. The number of benzene rings is 1. The maximum absolute atomic E-state index is 4.81. The zero-order valence-electron chi connectivity index (χ0n) is 12.8. The SMILES string of the molecule is Cn1nccc1C1CCN(c2ccc3ccccc3n2)CC1. The summed E-state index contributed by atoms with van der Waals surface area (Å²) in [6, 6.07) is 14.8. The first-order valence-corrected chi connectivity index (χ1v) is 7.90. The minimum Gasteiger partial charge on any atom is -0.357 e. The van der Waals surface area contributed by atoms with Gasteiger partial charge in [-0.3, -0.25) is 4.68 Å². The van der Waals surface area contributed by atoms with E-state index in [0.29, 0.717) is 5.92 Å². The zero-order chi connectivity index (χ0) is 14.9. The van der Waals surface area contributed by atoms with Crippen molar-refractivity contribution in [1.82, 2.24) is 14.8 Å². The molecular formula is C18H20N4. The average molecular weight is 292 g/mol. The molecule has 3 aromatic rings. The Hall–Kier alpha value is -2.36. The van der Waals surface area contributed by atoms with Gasteiger partial charge in [-0.25, -0.2) is 4.98 Å². The Balaban J connectivity index is 1.51. The summed E-state index contributed by atoms with van der Waals surface area (Å²) in [4.78, 5) is 7.21. The molecule has 4 rings (SSSR count). The summed E-state index contributed by atoms with van der Waals surface area (Å²) in [7, 11) is 2.03. The minimum atomic E-state index is 0.615. The molecule has 0 atom stereocenters. The Morgan fingerprint density at radius 1 is 1.00 bits per heavy atom. The van der Waals surface area contributed by atoms with E-state index in [1.807, 2.05) is 24.0 Å². The molecule has 0 aliphatic carbocycles. The molecule has 0 N–H and O–H groups in total. The molecule has 0 saturated carbocycles. The van der Waals surface area contributed by atoms with Gasteiger partial charge in [0.15, 0.2) is 0 Å². The van der Waals surface area contributed by atoms with E-state index in [2.05, 4.69) is 46.4 Å². The Bertz CT molecular complexity index is 784.